The monoisotopic (exact) mass is 249 g/mol. The number of hydrogen-bond donors (Lipinski definition) is 1. The van der Waals surface area contributed by atoms with E-state index in [1.54, 1.807) is 0 Å². The Bertz CT molecular complexity index is 609. The van der Waals surface area contributed by atoms with E-state index in [0.717, 1.165) is 5.57 Å². The molecule has 1 N–H and O–H groups in total. The molecule has 0 fully saturated rings. The summed E-state index contributed by atoms with van der Waals surface area (Å²) in [6.45, 7) is 6.39. The average Bonchev–Trinajstić information content (AvgIpc) is 2.45. The van der Waals surface area contributed by atoms with Crippen molar-refractivity contribution in [2.24, 2.45) is 0 Å². The average molecular weight is 249 g/mol. The molecule has 0 aliphatic heterocycles. The molecule has 0 aromatic heterocycles. The standard InChI is InChI=1S/C18H19N/c1-14-8-4-6-10-17(14)15(2)18-11-7-5-9-16(18)12-13-19-3/h4-13,19H,2H2,1,3H3/b13-12-. The largest absolute Gasteiger partial charge is 0.394 e. The van der Waals surface area contributed by atoms with Crippen LogP contribution in [0.15, 0.2) is 61.3 Å². The minimum absolute atomic E-state index is 1.06. The minimum atomic E-state index is 1.06. The van der Waals surface area contributed by atoms with Crippen molar-refractivity contribution in [2.45, 2.75) is 6.92 Å². The molecule has 0 amide bonds. The molecule has 0 heterocycles. The lowest BCUT2D eigenvalue weighted by atomic mass is 9.92. The third-order valence-corrected chi connectivity index (χ3v) is 3.19. The Morgan fingerprint density at radius 1 is 1.00 bits per heavy atom. The number of benzene rings is 2. The third-order valence-electron chi connectivity index (χ3n) is 3.19. The Kier molecular flexibility index (Phi) is 4.19. The van der Waals surface area contributed by atoms with Gasteiger partial charge in [0.1, 0.15) is 0 Å². The van der Waals surface area contributed by atoms with Gasteiger partial charge in [-0.2, -0.15) is 0 Å². The van der Waals surface area contributed by atoms with Gasteiger partial charge in [0.2, 0.25) is 0 Å². The van der Waals surface area contributed by atoms with Gasteiger partial charge in [0.05, 0.1) is 0 Å². The van der Waals surface area contributed by atoms with Crippen LogP contribution in [0.2, 0.25) is 0 Å². The van der Waals surface area contributed by atoms with Crippen LogP contribution in [-0.2, 0) is 0 Å². The summed E-state index contributed by atoms with van der Waals surface area (Å²) in [4.78, 5) is 0. The van der Waals surface area contributed by atoms with E-state index < -0.39 is 0 Å². The number of hydrogen-bond acceptors (Lipinski definition) is 1. The van der Waals surface area contributed by atoms with Crippen LogP contribution in [0.1, 0.15) is 22.3 Å². The summed E-state index contributed by atoms with van der Waals surface area (Å²) in [7, 11) is 1.90. The van der Waals surface area contributed by atoms with Crippen molar-refractivity contribution in [3.8, 4) is 0 Å². The highest BCUT2D eigenvalue weighted by Crippen LogP contribution is 2.27. The fraction of sp³-hybridized carbons (Fsp3) is 0.111. The Morgan fingerprint density at radius 3 is 2.32 bits per heavy atom. The van der Waals surface area contributed by atoms with E-state index in [4.69, 9.17) is 0 Å². The van der Waals surface area contributed by atoms with Gasteiger partial charge in [-0.25, -0.2) is 0 Å². The van der Waals surface area contributed by atoms with E-state index in [1.807, 2.05) is 19.3 Å². The van der Waals surface area contributed by atoms with Crippen molar-refractivity contribution in [3.05, 3.63) is 83.6 Å². The van der Waals surface area contributed by atoms with Crippen molar-refractivity contribution in [1.82, 2.24) is 5.32 Å². The molecule has 1 heteroatoms. The fourth-order valence-corrected chi connectivity index (χ4v) is 2.15. The topological polar surface area (TPSA) is 12.0 Å². The maximum atomic E-state index is 4.27. The molecule has 2 aromatic carbocycles. The molecule has 2 aromatic rings. The smallest absolute Gasteiger partial charge is 0.00277 e. The van der Waals surface area contributed by atoms with Crippen LogP contribution >= 0.6 is 0 Å². The highest BCUT2D eigenvalue weighted by atomic mass is 14.8. The zero-order chi connectivity index (χ0) is 13.7. The van der Waals surface area contributed by atoms with E-state index in [-0.39, 0.29) is 0 Å². The summed E-state index contributed by atoms with van der Waals surface area (Å²) in [6.07, 6.45) is 4.00. The number of rotatable bonds is 4. The zero-order valence-corrected chi connectivity index (χ0v) is 11.5. The second kappa shape index (κ2) is 6.05. The number of nitrogens with one attached hydrogen (secondary N) is 1. The molecule has 0 radical (unpaired) electrons. The lowest BCUT2D eigenvalue weighted by Gasteiger charge is -2.12. The highest BCUT2D eigenvalue weighted by Gasteiger charge is 2.07. The van der Waals surface area contributed by atoms with E-state index in [9.17, 15) is 0 Å². The van der Waals surface area contributed by atoms with Crippen LogP contribution in [0, 0.1) is 6.92 Å². The van der Waals surface area contributed by atoms with Crippen molar-refractivity contribution in [2.75, 3.05) is 7.05 Å². The summed E-state index contributed by atoms with van der Waals surface area (Å²) >= 11 is 0. The van der Waals surface area contributed by atoms with Crippen molar-refractivity contribution in [1.29, 1.82) is 0 Å². The predicted molar refractivity (Wildman–Crippen MR) is 83.9 cm³/mol. The molecule has 0 bridgehead atoms. The molecule has 1 nitrogen and oxygen atoms in total. The first kappa shape index (κ1) is 13.2. The Balaban J connectivity index is 2.45. The van der Waals surface area contributed by atoms with Crippen LogP contribution in [0.25, 0.3) is 11.6 Å². The molecule has 0 spiro atoms. The van der Waals surface area contributed by atoms with E-state index in [2.05, 4.69) is 67.4 Å². The summed E-state index contributed by atoms with van der Waals surface area (Å²) < 4.78 is 0. The van der Waals surface area contributed by atoms with E-state index >= 15 is 0 Å². The highest BCUT2D eigenvalue weighted by molar-refractivity contribution is 5.84. The Labute approximate surface area is 115 Å². The van der Waals surface area contributed by atoms with Crippen molar-refractivity contribution < 1.29 is 0 Å². The molecule has 0 saturated heterocycles. The summed E-state index contributed by atoms with van der Waals surface area (Å²) in [6, 6.07) is 16.7. The first-order valence-corrected chi connectivity index (χ1v) is 6.42. The van der Waals surface area contributed by atoms with E-state index in [0.29, 0.717) is 0 Å². The van der Waals surface area contributed by atoms with Gasteiger partial charge in [0, 0.05) is 7.05 Å². The van der Waals surface area contributed by atoms with Gasteiger partial charge in [-0.1, -0.05) is 55.1 Å². The van der Waals surface area contributed by atoms with Crippen LogP contribution in [0.3, 0.4) is 0 Å². The predicted octanol–water partition coefficient (Wildman–Crippen LogP) is 4.25. The van der Waals surface area contributed by atoms with Crippen molar-refractivity contribution in [3.63, 3.8) is 0 Å². The molecule has 0 saturated carbocycles. The lowest BCUT2D eigenvalue weighted by Crippen LogP contribution is -1.94. The second-order valence-electron chi connectivity index (χ2n) is 4.50. The summed E-state index contributed by atoms with van der Waals surface area (Å²) in [5.41, 5.74) is 5.86. The minimum Gasteiger partial charge on any atom is -0.394 e. The molecule has 0 aliphatic rings. The molecule has 0 unspecified atom stereocenters. The molecule has 96 valence electrons. The van der Waals surface area contributed by atoms with Gasteiger partial charge < -0.3 is 5.32 Å². The van der Waals surface area contributed by atoms with Gasteiger partial charge in [0.25, 0.3) is 0 Å². The first-order valence-electron chi connectivity index (χ1n) is 6.42. The SMILES string of the molecule is C=C(c1ccccc1C)c1ccccc1/C=C\NC. The van der Waals surface area contributed by atoms with Crippen molar-refractivity contribution >= 4 is 11.6 Å². The van der Waals surface area contributed by atoms with Crippen LogP contribution < -0.4 is 5.32 Å². The first-order chi connectivity index (χ1) is 9.24. The maximum Gasteiger partial charge on any atom is 0.00277 e. The van der Waals surface area contributed by atoms with Gasteiger partial charge in [0.15, 0.2) is 0 Å². The molecule has 2 rings (SSSR count). The summed E-state index contributed by atoms with van der Waals surface area (Å²) in [5.74, 6) is 0. The van der Waals surface area contributed by atoms with Gasteiger partial charge >= 0.3 is 0 Å². The van der Waals surface area contributed by atoms with Gasteiger partial charge in [-0.3, -0.25) is 0 Å². The zero-order valence-electron chi connectivity index (χ0n) is 11.5. The molecule has 19 heavy (non-hydrogen) atoms. The maximum absolute atomic E-state index is 4.27. The Morgan fingerprint density at radius 2 is 1.63 bits per heavy atom. The van der Waals surface area contributed by atoms with Crippen LogP contribution in [0.4, 0.5) is 0 Å². The van der Waals surface area contributed by atoms with Gasteiger partial charge in [-0.15, -0.1) is 0 Å². The Hall–Kier alpha value is -2.28. The van der Waals surface area contributed by atoms with Gasteiger partial charge in [-0.05, 0) is 47.0 Å². The molecule has 0 atom stereocenters. The molecule has 0 aliphatic carbocycles. The fourth-order valence-electron chi connectivity index (χ4n) is 2.15. The van der Waals surface area contributed by atoms with E-state index in [1.165, 1.54) is 22.3 Å². The second-order valence-corrected chi connectivity index (χ2v) is 4.50. The summed E-state index contributed by atoms with van der Waals surface area (Å²) in [5, 5.41) is 3.02. The third kappa shape index (κ3) is 2.94. The molecular formula is C18H19N. The lowest BCUT2D eigenvalue weighted by molar-refractivity contribution is 1.11. The number of aryl methyl sites for hydroxylation is 1. The van der Waals surface area contributed by atoms with Crippen LogP contribution in [0.5, 0.6) is 0 Å². The normalized spacial score (nSPS) is 10.6. The van der Waals surface area contributed by atoms with Crippen LogP contribution in [-0.4, -0.2) is 7.05 Å². The quantitative estimate of drug-likeness (QED) is 0.854. The molecular weight excluding hydrogens is 230 g/mol.